The van der Waals surface area contributed by atoms with Gasteiger partial charge >= 0.3 is 24.4 Å². The van der Waals surface area contributed by atoms with Crippen LogP contribution in [0.5, 0.6) is 0 Å². The zero-order valence-corrected chi connectivity index (χ0v) is 27.8. The van der Waals surface area contributed by atoms with E-state index in [1.54, 1.807) is 0 Å². The molecule has 0 saturated heterocycles. The summed E-state index contributed by atoms with van der Waals surface area (Å²) >= 11 is 0. The number of carboxylic acid groups (broad SMARTS) is 4. The lowest BCUT2D eigenvalue weighted by Gasteiger charge is -2.27. The van der Waals surface area contributed by atoms with E-state index in [-0.39, 0.29) is 59.3 Å². The first kappa shape index (κ1) is 48.1. The topological polar surface area (TPSA) is 162 Å². The highest BCUT2D eigenvalue weighted by Crippen LogP contribution is 2.06. The van der Waals surface area contributed by atoms with Crippen LogP contribution in [-0.4, -0.2) is 124 Å². The summed E-state index contributed by atoms with van der Waals surface area (Å²) in [7, 11) is 0. The Balaban J connectivity index is -0.000000139. The van der Waals surface area contributed by atoms with Gasteiger partial charge in [0.1, 0.15) is 0 Å². The average Bonchev–Trinajstić information content (AvgIpc) is 2.64. The molecule has 4 N–H and O–H groups in total. The molecule has 248 valence electrons. The number of rotatable bonds is 8. The summed E-state index contributed by atoms with van der Waals surface area (Å²) in [4.78, 5) is 47.7. The zero-order chi connectivity index (χ0) is 33.2. The van der Waals surface area contributed by atoms with Gasteiger partial charge < -0.3 is 40.0 Å². The van der Waals surface area contributed by atoms with Crippen molar-refractivity contribution in [3.8, 4) is 0 Å². The van der Waals surface area contributed by atoms with Crippen molar-refractivity contribution in [1.82, 2.24) is 19.6 Å². The molecule has 4 amide bonds. The summed E-state index contributed by atoms with van der Waals surface area (Å²) in [6.45, 7) is 29.9. The second kappa shape index (κ2) is 23.9. The summed E-state index contributed by atoms with van der Waals surface area (Å²) in [5, 5.41) is 34.6. The summed E-state index contributed by atoms with van der Waals surface area (Å²) in [6.07, 6.45) is -3.37. The fraction of sp³-hybridized carbons (Fsp3) is 0.857. The van der Waals surface area contributed by atoms with E-state index in [9.17, 15) is 19.2 Å². The second-order valence-electron chi connectivity index (χ2n) is 11.5. The van der Waals surface area contributed by atoms with E-state index in [1.807, 2.05) is 111 Å². The minimum Gasteiger partial charge on any atom is -0.465 e. The van der Waals surface area contributed by atoms with Gasteiger partial charge in [-0.25, -0.2) is 19.2 Å². The number of amides is 4. The van der Waals surface area contributed by atoms with Crippen LogP contribution in [0.2, 0.25) is 0 Å². The summed E-state index contributed by atoms with van der Waals surface area (Å²) in [5.74, 6) is 0. The smallest absolute Gasteiger partial charge is 0.407 e. The average molecular weight is 613 g/mol. The predicted octanol–water partition coefficient (Wildman–Crippen LogP) is 5.68. The van der Waals surface area contributed by atoms with Crippen molar-refractivity contribution in [2.45, 2.75) is 159 Å². The van der Waals surface area contributed by atoms with Gasteiger partial charge in [-0.15, -0.1) is 0 Å². The molecular formula is C28H64N4O8Si. The minimum absolute atomic E-state index is 0. The molecule has 0 radical (unpaired) electrons. The van der Waals surface area contributed by atoms with Crippen molar-refractivity contribution in [3.05, 3.63) is 0 Å². The zero-order valence-electron chi connectivity index (χ0n) is 27.8. The highest BCUT2D eigenvalue weighted by atomic mass is 28.1. The minimum atomic E-state index is -0.843. The van der Waals surface area contributed by atoms with Crippen LogP contribution in [0.1, 0.15) is 111 Å². The monoisotopic (exact) mass is 612 g/mol. The van der Waals surface area contributed by atoms with Crippen LogP contribution < -0.4 is 0 Å². The summed E-state index contributed by atoms with van der Waals surface area (Å²) in [6, 6.07) is 0.537. The number of hydrogen-bond donors (Lipinski definition) is 4. The van der Waals surface area contributed by atoms with Gasteiger partial charge in [0.25, 0.3) is 0 Å². The first-order chi connectivity index (χ1) is 17.9. The molecule has 0 aromatic heterocycles. The van der Waals surface area contributed by atoms with Gasteiger partial charge in [-0.1, -0.05) is 0 Å². The van der Waals surface area contributed by atoms with Crippen molar-refractivity contribution < 1.29 is 39.6 Å². The maximum atomic E-state index is 10.5. The molecule has 0 heterocycles. The quantitative estimate of drug-likeness (QED) is 0.254. The molecule has 13 heteroatoms. The van der Waals surface area contributed by atoms with E-state index in [0.29, 0.717) is 0 Å². The maximum Gasteiger partial charge on any atom is 0.407 e. The molecule has 0 aliphatic carbocycles. The number of carbonyl (C=O) groups is 4. The Morgan fingerprint density at radius 1 is 0.317 bits per heavy atom. The highest BCUT2D eigenvalue weighted by Gasteiger charge is 2.20. The van der Waals surface area contributed by atoms with Crippen LogP contribution in [0.4, 0.5) is 19.2 Å². The van der Waals surface area contributed by atoms with Gasteiger partial charge in [0.05, 0.1) is 0 Å². The Morgan fingerprint density at radius 2 is 0.390 bits per heavy atom. The van der Waals surface area contributed by atoms with Gasteiger partial charge in [0.15, 0.2) is 0 Å². The van der Waals surface area contributed by atoms with Gasteiger partial charge in [0, 0.05) is 48.3 Å². The van der Waals surface area contributed by atoms with Crippen LogP contribution in [0, 0.1) is 0 Å². The molecule has 0 bridgehead atoms. The van der Waals surface area contributed by atoms with Gasteiger partial charge in [-0.3, -0.25) is 0 Å². The fourth-order valence-corrected chi connectivity index (χ4v) is 4.15. The Bertz CT molecular complexity index is 578. The second-order valence-corrected chi connectivity index (χ2v) is 11.5. The van der Waals surface area contributed by atoms with Crippen LogP contribution in [0.25, 0.3) is 0 Å². The number of hydrogen-bond acceptors (Lipinski definition) is 4. The van der Waals surface area contributed by atoms with Crippen molar-refractivity contribution in [2.24, 2.45) is 0 Å². The molecule has 0 rings (SSSR count). The molecule has 41 heavy (non-hydrogen) atoms. The Hall–Kier alpha value is -2.70. The van der Waals surface area contributed by atoms with Crippen LogP contribution in [0.3, 0.4) is 0 Å². The number of nitrogens with zero attached hydrogens (tertiary/aromatic N) is 4. The van der Waals surface area contributed by atoms with Gasteiger partial charge in [-0.2, -0.15) is 0 Å². The Kier molecular flexibility index (Phi) is 28.1. The maximum absolute atomic E-state index is 10.5. The third-order valence-electron chi connectivity index (χ3n) is 5.33. The van der Waals surface area contributed by atoms with Crippen LogP contribution in [-0.2, 0) is 0 Å². The predicted molar refractivity (Wildman–Crippen MR) is 172 cm³/mol. The molecule has 0 atom stereocenters. The SMILES string of the molecule is CC(C)N(C(=O)O)C(C)C.CC(C)N(C(=O)O)C(C)C.CC(C)N(C(=O)O)C(C)C.CC(C)N(C(=O)O)C(C)C.[SiH4]. The van der Waals surface area contributed by atoms with Gasteiger partial charge in [0.2, 0.25) is 0 Å². The van der Waals surface area contributed by atoms with Gasteiger partial charge in [-0.05, 0) is 122 Å². The van der Waals surface area contributed by atoms with E-state index in [0.717, 1.165) is 0 Å². The summed E-state index contributed by atoms with van der Waals surface area (Å²) in [5.41, 5.74) is 0. The van der Waals surface area contributed by atoms with E-state index < -0.39 is 24.4 Å². The molecule has 0 fully saturated rings. The molecule has 0 spiro atoms. The molecule has 0 saturated carbocycles. The lowest BCUT2D eigenvalue weighted by molar-refractivity contribution is 0.115. The Morgan fingerprint density at radius 3 is 0.390 bits per heavy atom. The van der Waals surface area contributed by atoms with E-state index in [1.165, 1.54) is 19.6 Å². The molecule has 12 nitrogen and oxygen atoms in total. The fourth-order valence-electron chi connectivity index (χ4n) is 4.15. The van der Waals surface area contributed by atoms with E-state index in [4.69, 9.17) is 20.4 Å². The third-order valence-corrected chi connectivity index (χ3v) is 5.33. The van der Waals surface area contributed by atoms with Crippen molar-refractivity contribution >= 4 is 35.3 Å². The molecular weight excluding hydrogens is 548 g/mol. The Labute approximate surface area is 253 Å². The molecule has 0 aromatic rings. The molecule has 0 aliphatic rings. The first-order valence-corrected chi connectivity index (χ1v) is 13.9. The lowest BCUT2D eigenvalue weighted by Crippen LogP contribution is -2.40. The largest absolute Gasteiger partial charge is 0.465 e. The molecule has 0 unspecified atom stereocenters. The van der Waals surface area contributed by atoms with E-state index >= 15 is 0 Å². The molecule has 0 aromatic carbocycles. The normalized spacial score (nSPS) is 10.3. The standard InChI is InChI=1S/4C7H15NO2.H4Si/c4*1-5(2)8(6(3)4)7(9)10;/h4*5-6H,1-4H3,(H,9,10);1H4. The van der Waals surface area contributed by atoms with Crippen molar-refractivity contribution in [2.75, 3.05) is 0 Å². The van der Waals surface area contributed by atoms with Crippen LogP contribution in [0.15, 0.2) is 0 Å². The van der Waals surface area contributed by atoms with Crippen molar-refractivity contribution in [1.29, 1.82) is 0 Å². The molecule has 0 aliphatic heterocycles. The van der Waals surface area contributed by atoms with Crippen LogP contribution >= 0.6 is 0 Å². The van der Waals surface area contributed by atoms with E-state index in [2.05, 4.69) is 0 Å². The lowest BCUT2D eigenvalue weighted by atomic mass is 10.2. The summed E-state index contributed by atoms with van der Waals surface area (Å²) < 4.78 is 0. The van der Waals surface area contributed by atoms with Crippen molar-refractivity contribution in [3.63, 3.8) is 0 Å². The third kappa shape index (κ3) is 22.6. The highest BCUT2D eigenvalue weighted by molar-refractivity contribution is 5.75. The first-order valence-electron chi connectivity index (χ1n) is 13.9.